The molecule has 0 unspecified atom stereocenters. The zero-order valence-corrected chi connectivity index (χ0v) is 22.6. The topological polar surface area (TPSA) is 86.6 Å². The van der Waals surface area contributed by atoms with Crippen LogP contribution in [0.2, 0.25) is 18.1 Å². The van der Waals surface area contributed by atoms with E-state index in [0.29, 0.717) is 0 Å². The van der Waals surface area contributed by atoms with E-state index in [9.17, 15) is 10.2 Å². The molecule has 1 saturated heterocycles. The van der Waals surface area contributed by atoms with Gasteiger partial charge in [0, 0.05) is 0 Å². The average Bonchev–Trinajstić information content (AvgIpc) is 2.83. The molecule has 0 aromatic heterocycles. The predicted molar refractivity (Wildman–Crippen MR) is 137 cm³/mol. The van der Waals surface area contributed by atoms with Crippen molar-refractivity contribution in [3.8, 4) is 5.75 Å². The Labute approximate surface area is 210 Å². The van der Waals surface area contributed by atoms with E-state index >= 15 is 0 Å². The Kier molecular flexibility index (Phi) is 9.51. The van der Waals surface area contributed by atoms with Gasteiger partial charge in [-0.2, -0.15) is 0 Å². The van der Waals surface area contributed by atoms with E-state index < -0.39 is 39.0 Å². The van der Waals surface area contributed by atoms with Crippen LogP contribution < -0.4 is 4.74 Å². The maximum atomic E-state index is 11.2. The Morgan fingerprint density at radius 3 is 2.00 bits per heavy atom. The van der Waals surface area contributed by atoms with E-state index in [1.165, 1.54) is 0 Å². The molecule has 0 spiro atoms. The van der Waals surface area contributed by atoms with Crippen molar-refractivity contribution in [2.75, 3.05) is 13.7 Å². The fourth-order valence-electron chi connectivity index (χ4n) is 3.60. The van der Waals surface area contributed by atoms with E-state index in [4.69, 9.17) is 23.4 Å². The molecule has 5 atom stereocenters. The molecule has 1 fully saturated rings. The van der Waals surface area contributed by atoms with Crippen LogP contribution >= 0.6 is 0 Å². The van der Waals surface area contributed by atoms with Crippen LogP contribution in [-0.2, 0) is 31.9 Å². The molecule has 0 aliphatic carbocycles. The Hall–Kier alpha value is -1.78. The lowest BCUT2D eigenvalue weighted by molar-refractivity contribution is -0.306. The molecule has 2 N–H and O–H groups in total. The summed E-state index contributed by atoms with van der Waals surface area (Å²) in [7, 11) is -0.459. The van der Waals surface area contributed by atoms with Gasteiger partial charge in [0.15, 0.2) is 14.6 Å². The highest BCUT2D eigenvalue weighted by Gasteiger charge is 2.47. The first-order valence-corrected chi connectivity index (χ1v) is 15.0. The molecule has 8 heteroatoms. The third-order valence-corrected chi connectivity index (χ3v) is 11.4. The van der Waals surface area contributed by atoms with Crippen molar-refractivity contribution in [1.29, 1.82) is 0 Å². The second kappa shape index (κ2) is 12.0. The standard InChI is InChI=1S/C27H40O7Si/c1-27(2,3)35(5,6)33-18-22-23(28)24(31-17-20-12-14-21(30-4)15-13-20)25(26(29)34-22)32-16-19-10-8-7-9-11-19/h7-15,22-26,28-29H,16-18H2,1-6H3/t22-,23+,24+,25-,26-/m1/s1. The van der Waals surface area contributed by atoms with Gasteiger partial charge in [0.1, 0.15) is 30.2 Å². The van der Waals surface area contributed by atoms with Crippen LogP contribution in [0.15, 0.2) is 54.6 Å². The van der Waals surface area contributed by atoms with Gasteiger partial charge in [0.2, 0.25) is 0 Å². The van der Waals surface area contributed by atoms with Crippen molar-refractivity contribution in [1.82, 2.24) is 0 Å². The summed E-state index contributed by atoms with van der Waals surface area (Å²) >= 11 is 0. The number of ether oxygens (including phenoxy) is 4. The monoisotopic (exact) mass is 504 g/mol. The largest absolute Gasteiger partial charge is 0.497 e. The molecule has 7 nitrogen and oxygen atoms in total. The van der Waals surface area contributed by atoms with Crippen LogP contribution in [0.3, 0.4) is 0 Å². The summed E-state index contributed by atoms with van der Waals surface area (Å²) in [6.45, 7) is 11.4. The third-order valence-electron chi connectivity index (χ3n) is 6.94. The van der Waals surface area contributed by atoms with Gasteiger partial charge < -0.3 is 33.6 Å². The molecule has 1 aliphatic heterocycles. The first kappa shape index (κ1) is 27.8. The minimum atomic E-state index is -2.08. The minimum absolute atomic E-state index is 0.0107. The van der Waals surface area contributed by atoms with E-state index in [2.05, 4.69) is 33.9 Å². The molecule has 194 valence electrons. The average molecular weight is 505 g/mol. The van der Waals surface area contributed by atoms with Crippen molar-refractivity contribution in [3.05, 3.63) is 65.7 Å². The van der Waals surface area contributed by atoms with Gasteiger partial charge in [-0.25, -0.2) is 0 Å². The lowest BCUT2D eigenvalue weighted by Gasteiger charge is -2.44. The summed E-state index contributed by atoms with van der Waals surface area (Å²) in [5.74, 6) is 0.752. The molecule has 0 bridgehead atoms. The number of hydrogen-bond donors (Lipinski definition) is 2. The number of hydrogen-bond acceptors (Lipinski definition) is 7. The fourth-order valence-corrected chi connectivity index (χ4v) is 4.62. The van der Waals surface area contributed by atoms with Gasteiger partial charge in [-0.15, -0.1) is 0 Å². The Bertz CT molecular complexity index is 898. The Balaban J connectivity index is 1.73. The van der Waals surface area contributed by atoms with E-state index in [1.54, 1.807) is 7.11 Å². The molecule has 2 aromatic carbocycles. The van der Waals surface area contributed by atoms with Crippen LogP contribution in [-0.4, -0.2) is 63.0 Å². The molecular formula is C27H40O7Si. The van der Waals surface area contributed by atoms with Crippen LogP contribution in [0.25, 0.3) is 0 Å². The quantitative estimate of drug-likeness (QED) is 0.468. The summed E-state index contributed by atoms with van der Waals surface area (Å²) in [6, 6.07) is 17.2. The van der Waals surface area contributed by atoms with E-state index in [1.807, 2.05) is 54.6 Å². The van der Waals surface area contributed by atoms with Crippen LogP contribution in [0.4, 0.5) is 0 Å². The van der Waals surface area contributed by atoms with E-state index in [0.717, 1.165) is 16.9 Å². The van der Waals surface area contributed by atoms with Crippen molar-refractivity contribution in [2.24, 2.45) is 0 Å². The highest BCUT2D eigenvalue weighted by Crippen LogP contribution is 2.37. The van der Waals surface area contributed by atoms with Crippen LogP contribution in [0, 0.1) is 0 Å². The van der Waals surface area contributed by atoms with Gasteiger partial charge >= 0.3 is 0 Å². The Morgan fingerprint density at radius 1 is 0.857 bits per heavy atom. The fraction of sp³-hybridized carbons (Fsp3) is 0.556. The highest BCUT2D eigenvalue weighted by molar-refractivity contribution is 6.74. The number of benzene rings is 2. The molecule has 35 heavy (non-hydrogen) atoms. The summed E-state index contributed by atoms with van der Waals surface area (Å²) in [5.41, 5.74) is 1.86. The number of methoxy groups -OCH3 is 1. The SMILES string of the molecule is COc1ccc(CO[C@H]2[C@@H](O)[C@@H](CO[Si](C)(C)C(C)(C)C)O[C@@H](O)[C@@H]2OCc2ccccc2)cc1. The van der Waals surface area contributed by atoms with Crippen molar-refractivity contribution in [3.63, 3.8) is 0 Å². The van der Waals surface area contributed by atoms with Crippen LogP contribution in [0.5, 0.6) is 5.75 Å². The number of aliphatic hydroxyl groups is 2. The molecule has 0 amide bonds. The molecule has 2 aromatic rings. The first-order valence-electron chi connectivity index (χ1n) is 12.1. The molecular weight excluding hydrogens is 464 g/mol. The molecule has 1 aliphatic rings. The summed E-state index contributed by atoms with van der Waals surface area (Å²) in [5, 5.41) is 22.1. The maximum Gasteiger partial charge on any atom is 0.192 e. The van der Waals surface area contributed by atoms with Crippen molar-refractivity contribution < 1.29 is 33.6 Å². The lowest BCUT2D eigenvalue weighted by Crippen LogP contribution is -2.61. The summed E-state index contributed by atoms with van der Waals surface area (Å²) in [4.78, 5) is 0. The molecule has 0 saturated carbocycles. The maximum absolute atomic E-state index is 11.2. The van der Waals surface area contributed by atoms with Crippen molar-refractivity contribution in [2.45, 2.75) is 82.8 Å². The highest BCUT2D eigenvalue weighted by atomic mass is 28.4. The smallest absolute Gasteiger partial charge is 0.192 e. The normalized spacial score (nSPS) is 25.4. The number of rotatable bonds is 10. The van der Waals surface area contributed by atoms with Gasteiger partial charge in [-0.05, 0) is 41.4 Å². The van der Waals surface area contributed by atoms with Gasteiger partial charge in [0.05, 0.1) is 26.9 Å². The lowest BCUT2D eigenvalue weighted by atomic mass is 9.98. The minimum Gasteiger partial charge on any atom is -0.497 e. The first-order chi connectivity index (χ1) is 16.5. The van der Waals surface area contributed by atoms with Crippen molar-refractivity contribution >= 4 is 8.32 Å². The summed E-state index contributed by atoms with van der Waals surface area (Å²) < 4.78 is 29.5. The van der Waals surface area contributed by atoms with Gasteiger partial charge in [-0.1, -0.05) is 63.2 Å². The predicted octanol–water partition coefficient (Wildman–Crippen LogP) is 4.27. The van der Waals surface area contributed by atoms with Gasteiger partial charge in [-0.3, -0.25) is 0 Å². The van der Waals surface area contributed by atoms with Gasteiger partial charge in [0.25, 0.3) is 0 Å². The van der Waals surface area contributed by atoms with E-state index in [-0.39, 0.29) is 24.9 Å². The second-order valence-electron chi connectivity index (χ2n) is 10.5. The third kappa shape index (κ3) is 7.36. The molecule has 3 rings (SSSR count). The molecule has 0 radical (unpaired) electrons. The second-order valence-corrected chi connectivity index (χ2v) is 15.3. The van der Waals surface area contributed by atoms with Crippen LogP contribution in [0.1, 0.15) is 31.9 Å². The Morgan fingerprint density at radius 2 is 1.43 bits per heavy atom. The zero-order valence-electron chi connectivity index (χ0n) is 21.6. The zero-order chi connectivity index (χ0) is 25.6. The number of aliphatic hydroxyl groups excluding tert-OH is 2. The molecule has 1 heterocycles. The summed E-state index contributed by atoms with van der Waals surface area (Å²) in [6.07, 6.45) is -4.72.